The molecule has 1 rings (SSSR count). The van der Waals surface area contributed by atoms with Crippen LogP contribution in [0.3, 0.4) is 0 Å². The number of aryl methyl sites for hydroxylation is 1. The first-order valence-electron chi connectivity index (χ1n) is 6.77. The lowest BCUT2D eigenvalue weighted by atomic mass is 10.0. The van der Waals surface area contributed by atoms with Crippen LogP contribution in [0.25, 0.3) is 0 Å². The monoisotopic (exact) mass is 267 g/mol. The molecule has 0 atom stereocenters. The predicted molar refractivity (Wildman–Crippen MR) is 75.2 cm³/mol. The summed E-state index contributed by atoms with van der Waals surface area (Å²) in [4.78, 5) is 14.1. The van der Waals surface area contributed by atoms with E-state index >= 15 is 0 Å². The highest BCUT2D eigenvalue weighted by atomic mass is 16.5. The Morgan fingerprint density at radius 2 is 2.16 bits per heavy atom. The van der Waals surface area contributed by atoms with Crippen LogP contribution >= 0.6 is 0 Å². The van der Waals surface area contributed by atoms with Crippen molar-refractivity contribution in [2.75, 3.05) is 20.6 Å². The molecule has 19 heavy (non-hydrogen) atoms. The molecule has 0 saturated heterocycles. The number of carbonyl (C=O) groups is 1. The lowest BCUT2D eigenvalue weighted by molar-refractivity contribution is 0.0890. The number of hydrogen-bond donors (Lipinski definition) is 1. The van der Waals surface area contributed by atoms with E-state index in [-0.39, 0.29) is 11.4 Å². The molecular weight excluding hydrogens is 242 g/mol. The van der Waals surface area contributed by atoms with E-state index in [0.29, 0.717) is 5.69 Å². The van der Waals surface area contributed by atoms with Crippen molar-refractivity contribution in [2.24, 2.45) is 0 Å². The Kier molecular flexibility index (Phi) is 5.54. The SMILES string of the molecule is CCCCc1cc(C(=O)NC(C)(C)CN(C)C)no1. The third kappa shape index (κ3) is 5.42. The van der Waals surface area contributed by atoms with Gasteiger partial charge in [-0.1, -0.05) is 18.5 Å². The van der Waals surface area contributed by atoms with Crippen LogP contribution in [0.1, 0.15) is 49.9 Å². The van der Waals surface area contributed by atoms with Crippen molar-refractivity contribution < 1.29 is 9.32 Å². The van der Waals surface area contributed by atoms with E-state index in [2.05, 4.69) is 17.4 Å². The fraction of sp³-hybridized carbons (Fsp3) is 0.714. The Hall–Kier alpha value is -1.36. The molecule has 1 aromatic heterocycles. The van der Waals surface area contributed by atoms with Crippen LogP contribution in [0.4, 0.5) is 0 Å². The highest BCUT2D eigenvalue weighted by molar-refractivity contribution is 5.92. The van der Waals surface area contributed by atoms with Gasteiger partial charge in [0.05, 0.1) is 0 Å². The number of aromatic nitrogens is 1. The maximum Gasteiger partial charge on any atom is 0.273 e. The van der Waals surface area contributed by atoms with Gasteiger partial charge in [-0.15, -0.1) is 0 Å². The number of amides is 1. The van der Waals surface area contributed by atoms with E-state index in [1.807, 2.05) is 32.8 Å². The van der Waals surface area contributed by atoms with Gasteiger partial charge in [-0.3, -0.25) is 4.79 Å². The van der Waals surface area contributed by atoms with Crippen molar-refractivity contribution in [1.29, 1.82) is 0 Å². The molecule has 1 amide bonds. The smallest absolute Gasteiger partial charge is 0.273 e. The maximum absolute atomic E-state index is 12.1. The molecule has 5 heteroatoms. The van der Waals surface area contributed by atoms with Crippen molar-refractivity contribution in [3.05, 3.63) is 17.5 Å². The fourth-order valence-electron chi connectivity index (χ4n) is 2.09. The summed E-state index contributed by atoms with van der Waals surface area (Å²) in [5.41, 5.74) is 0.0567. The first-order chi connectivity index (χ1) is 8.84. The number of nitrogens with zero attached hydrogens (tertiary/aromatic N) is 2. The number of rotatable bonds is 7. The second-order valence-electron chi connectivity index (χ2n) is 5.86. The van der Waals surface area contributed by atoms with Crippen molar-refractivity contribution >= 4 is 5.91 Å². The highest BCUT2D eigenvalue weighted by Crippen LogP contribution is 2.10. The van der Waals surface area contributed by atoms with Gasteiger partial charge in [0.15, 0.2) is 5.69 Å². The highest BCUT2D eigenvalue weighted by Gasteiger charge is 2.23. The number of carbonyl (C=O) groups excluding carboxylic acids is 1. The molecule has 1 N–H and O–H groups in total. The zero-order valence-electron chi connectivity index (χ0n) is 12.6. The van der Waals surface area contributed by atoms with Gasteiger partial charge in [-0.05, 0) is 34.4 Å². The van der Waals surface area contributed by atoms with E-state index < -0.39 is 0 Å². The average Bonchev–Trinajstić information content (AvgIpc) is 2.72. The normalized spacial score (nSPS) is 11.9. The summed E-state index contributed by atoms with van der Waals surface area (Å²) in [6.45, 7) is 6.86. The third-order valence-corrected chi connectivity index (χ3v) is 2.73. The summed E-state index contributed by atoms with van der Waals surface area (Å²) in [5, 5.41) is 6.80. The summed E-state index contributed by atoms with van der Waals surface area (Å²) in [7, 11) is 3.96. The van der Waals surface area contributed by atoms with E-state index in [1.165, 1.54) is 0 Å². The molecule has 0 unspecified atom stereocenters. The Morgan fingerprint density at radius 1 is 1.47 bits per heavy atom. The Labute approximate surface area is 115 Å². The predicted octanol–water partition coefficient (Wildman–Crippen LogP) is 2.09. The zero-order chi connectivity index (χ0) is 14.5. The van der Waals surface area contributed by atoms with Crippen LogP contribution in [0.5, 0.6) is 0 Å². The van der Waals surface area contributed by atoms with Crippen LogP contribution in [-0.2, 0) is 6.42 Å². The van der Waals surface area contributed by atoms with E-state index in [4.69, 9.17) is 4.52 Å². The number of unbranched alkanes of at least 4 members (excludes halogenated alkanes) is 1. The molecule has 0 fully saturated rings. The summed E-state index contributed by atoms with van der Waals surface area (Å²) < 4.78 is 5.16. The van der Waals surface area contributed by atoms with Gasteiger partial charge in [-0.25, -0.2) is 0 Å². The molecule has 1 heterocycles. The Morgan fingerprint density at radius 3 is 2.74 bits per heavy atom. The van der Waals surface area contributed by atoms with Crippen LogP contribution in [0, 0.1) is 0 Å². The first kappa shape index (κ1) is 15.7. The molecule has 1 aromatic rings. The Bertz CT molecular complexity index is 411. The van der Waals surface area contributed by atoms with Gasteiger partial charge in [-0.2, -0.15) is 0 Å². The van der Waals surface area contributed by atoms with Gasteiger partial charge in [0.2, 0.25) is 0 Å². The molecule has 0 aliphatic carbocycles. The lowest BCUT2D eigenvalue weighted by Gasteiger charge is -2.29. The minimum Gasteiger partial charge on any atom is -0.361 e. The largest absolute Gasteiger partial charge is 0.361 e. The van der Waals surface area contributed by atoms with Crippen molar-refractivity contribution in [1.82, 2.24) is 15.4 Å². The average molecular weight is 267 g/mol. The van der Waals surface area contributed by atoms with Crippen LogP contribution in [0.2, 0.25) is 0 Å². The number of likely N-dealkylation sites (N-methyl/N-ethyl adjacent to an activating group) is 1. The molecule has 0 aromatic carbocycles. The summed E-state index contributed by atoms with van der Waals surface area (Å²) in [6.07, 6.45) is 2.97. The van der Waals surface area contributed by atoms with Crippen molar-refractivity contribution in [3.8, 4) is 0 Å². The van der Waals surface area contributed by atoms with Gasteiger partial charge in [0, 0.05) is 24.6 Å². The third-order valence-electron chi connectivity index (χ3n) is 2.73. The van der Waals surface area contributed by atoms with Crippen LogP contribution in [0.15, 0.2) is 10.6 Å². The van der Waals surface area contributed by atoms with Gasteiger partial charge >= 0.3 is 0 Å². The summed E-state index contributed by atoms with van der Waals surface area (Å²) in [5.74, 6) is 0.593. The number of nitrogens with one attached hydrogen (secondary N) is 1. The topological polar surface area (TPSA) is 58.4 Å². The van der Waals surface area contributed by atoms with E-state index in [9.17, 15) is 4.79 Å². The second-order valence-corrected chi connectivity index (χ2v) is 5.86. The second kappa shape index (κ2) is 6.70. The van der Waals surface area contributed by atoms with Gasteiger partial charge in [0.25, 0.3) is 5.91 Å². The van der Waals surface area contributed by atoms with Crippen LogP contribution in [-0.4, -0.2) is 42.1 Å². The minimum absolute atomic E-state index is 0.182. The fourth-order valence-corrected chi connectivity index (χ4v) is 2.09. The van der Waals surface area contributed by atoms with Gasteiger partial charge < -0.3 is 14.7 Å². The standard InChI is InChI=1S/C14H25N3O2/c1-6-7-8-11-9-12(16-19-11)13(18)15-14(2,3)10-17(4)5/h9H,6-8,10H2,1-5H3,(H,15,18). The maximum atomic E-state index is 12.1. The summed E-state index contributed by atoms with van der Waals surface area (Å²) in [6, 6.07) is 1.73. The molecule has 0 radical (unpaired) electrons. The molecule has 5 nitrogen and oxygen atoms in total. The zero-order valence-corrected chi connectivity index (χ0v) is 12.6. The molecule has 0 saturated carbocycles. The molecule has 0 bridgehead atoms. The summed E-state index contributed by atoms with van der Waals surface area (Å²) >= 11 is 0. The minimum atomic E-state index is -0.302. The number of hydrogen-bond acceptors (Lipinski definition) is 4. The molecule has 0 aliphatic heterocycles. The molecule has 0 aliphatic rings. The first-order valence-corrected chi connectivity index (χ1v) is 6.77. The molecule has 108 valence electrons. The van der Waals surface area contributed by atoms with Crippen molar-refractivity contribution in [3.63, 3.8) is 0 Å². The molecular formula is C14H25N3O2. The van der Waals surface area contributed by atoms with Crippen LogP contribution < -0.4 is 5.32 Å². The molecule has 0 spiro atoms. The quantitative estimate of drug-likeness (QED) is 0.822. The van der Waals surface area contributed by atoms with E-state index in [1.54, 1.807) is 6.07 Å². The lowest BCUT2D eigenvalue weighted by Crippen LogP contribution is -2.50. The Balaban J connectivity index is 2.60. The van der Waals surface area contributed by atoms with Crippen molar-refractivity contribution in [2.45, 2.75) is 45.6 Å². The van der Waals surface area contributed by atoms with E-state index in [0.717, 1.165) is 31.6 Å². The van der Waals surface area contributed by atoms with Gasteiger partial charge in [0.1, 0.15) is 5.76 Å².